The molecule has 2 heterocycles. The predicted octanol–water partition coefficient (Wildman–Crippen LogP) is 1.16. The van der Waals surface area contributed by atoms with Gasteiger partial charge in [0.2, 0.25) is 0 Å². The number of nitrogens with zero attached hydrogens (tertiary/aromatic N) is 5. The topological polar surface area (TPSA) is 64.3 Å². The summed E-state index contributed by atoms with van der Waals surface area (Å²) in [5.41, 5.74) is 0. The van der Waals surface area contributed by atoms with Gasteiger partial charge < -0.3 is 4.57 Å². The van der Waals surface area contributed by atoms with Crippen LogP contribution < -0.4 is 0 Å². The van der Waals surface area contributed by atoms with Crippen molar-refractivity contribution in [2.45, 2.75) is 26.4 Å². The average Bonchev–Trinajstić information content (AvgIpc) is 2.76. The third kappa shape index (κ3) is 1.96. The van der Waals surface area contributed by atoms with Crippen LogP contribution in [0.15, 0.2) is 12.7 Å². The Labute approximate surface area is 92.0 Å². The van der Waals surface area contributed by atoms with Crippen molar-refractivity contribution in [1.82, 2.24) is 29.5 Å². The Bertz CT molecular complexity index is 479. The number of hydrogen-bond donors (Lipinski definition) is 1. The van der Waals surface area contributed by atoms with Gasteiger partial charge in [-0.1, -0.05) is 0 Å². The van der Waals surface area contributed by atoms with E-state index in [0.29, 0.717) is 11.3 Å². The van der Waals surface area contributed by atoms with Gasteiger partial charge >= 0.3 is 0 Å². The molecule has 2 aromatic rings. The van der Waals surface area contributed by atoms with Gasteiger partial charge in [0.25, 0.3) is 0 Å². The highest BCUT2D eigenvalue weighted by molar-refractivity contribution is 7.71. The van der Waals surface area contributed by atoms with E-state index in [0.717, 1.165) is 5.82 Å². The van der Waals surface area contributed by atoms with Crippen molar-refractivity contribution in [2.24, 2.45) is 0 Å². The lowest BCUT2D eigenvalue weighted by molar-refractivity contribution is 0.534. The molecule has 6 nitrogen and oxygen atoms in total. The monoisotopic (exact) mass is 224 g/mol. The lowest BCUT2D eigenvalue weighted by Gasteiger charge is -2.09. The van der Waals surface area contributed by atoms with E-state index in [1.54, 1.807) is 11.0 Å². The van der Waals surface area contributed by atoms with Crippen LogP contribution in [-0.4, -0.2) is 29.5 Å². The number of aromatic nitrogens is 6. The van der Waals surface area contributed by atoms with Crippen LogP contribution in [0.2, 0.25) is 0 Å². The van der Waals surface area contributed by atoms with E-state index in [9.17, 15) is 0 Å². The van der Waals surface area contributed by atoms with Crippen molar-refractivity contribution in [2.75, 3.05) is 0 Å². The molecule has 0 saturated carbocycles. The molecule has 2 rings (SSSR count). The molecule has 0 amide bonds. The molecule has 80 valence electrons. The maximum atomic E-state index is 5.14. The Morgan fingerprint density at radius 3 is 2.93 bits per heavy atom. The van der Waals surface area contributed by atoms with E-state index in [1.165, 1.54) is 6.33 Å². The zero-order valence-electron chi connectivity index (χ0n) is 8.58. The first-order chi connectivity index (χ1) is 7.18. The number of hydrogen-bond acceptors (Lipinski definition) is 4. The third-order valence-electron chi connectivity index (χ3n) is 2.06. The minimum Gasteiger partial charge on any atom is -0.300 e. The molecule has 2 aromatic heterocycles. The molecule has 0 unspecified atom stereocenters. The molecule has 15 heavy (non-hydrogen) atoms. The van der Waals surface area contributed by atoms with Crippen LogP contribution in [-0.2, 0) is 6.54 Å². The van der Waals surface area contributed by atoms with Crippen molar-refractivity contribution in [3.63, 3.8) is 0 Å². The second-order valence-electron chi connectivity index (χ2n) is 3.50. The summed E-state index contributed by atoms with van der Waals surface area (Å²) in [6.07, 6.45) is 3.16. The number of rotatable bonds is 3. The molecule has 0 fully saturated rings. The zero-order valence-corrected chi connectivity index (χ0v) is 9.40. The highest BCUT2D eigenvalue weighted by Crippen LogP contribution is 2.09. The largest absolute Gasteiger partial charge is 0.300 e. The highest BCUT2D eigenvalue weighted by atomic mass is 32.1. The molecule has 7 heteroatoms. The van der Waals surface area contributed by atoms with Crippen LogP contribution >= 0.6 is 12.2 Å². The minimum absolute atomic E-state index is 0.287. The van der Waals surface area contributed by atoms with E-state index >= 15 is 0 Å². The Morgan fingerprint density at radius 1 is 1.53 bits per heavy atom. The SMILES string of the molecule is CC(C)n1c(Cn2cncn2)n[nH]c1=S. The quantitative estimate of drug-likeness (QED) is 0.795. The Balaban J connectivity index is 2.33. The van der Waals surface area contributed by atoms with Gasteiger partial charge in [-0.3, -0.25) is 5.10 Å². The molecule has 0 spiro atoms. The first-order valence-corrected chi connectivity index (χ1v) is 5.07. The Morgan fingerprint density at radius 2 is 2.33 bits per heavy atom. The molecule has 0 aliphatic rings. The number of H-pyrrole nitrogens is 1. The normalized spacial score (nSPS) is 11.1. The van der Waals surface area contributed by atoms with Crippen molar-refractivity contribution in [1.29, 1.82) is 0 Å². The van der Waals surface area contributed by atoms with Crippen LogP contribution in [0.1, 0.15) is 25.7 Å². The summed E-state index contributed by atoms with van der Waals surface area (Å²) in [4.78, 5) is 3.88. The Kier molecular flexibility index (Phi) is 2.63. The fraction of sp³-hybridized carbons (Fsp3) is 0.500. The lowest BCUT2D eigenvalue weighted by atomic mass is 10.4. The molecule has 0 aromatic carbocycles. The van der Waals surface area contributed by atoms with Gasteiger partial charge in [0.05, 0.1) is 0 Å². The standard InChI is InChI=1S/C8H12N6S/c1-6(2)14-7(11-12-8(14)15)3-13-5-9-4-10-13/h4-6H,3H2,1-2H3,(H,12,15). The van der Waals surface area contributed by atoms with E-state index in [1.807, 2.05) is 4.57 Å². The molecular weight excluding hydrogens is 212 g/mol. The van der Waals surface area contributed by atoms with E-state index < -0.39 is 0 Å². The summed E-state index contributed by atoms with van der Waals surface area (Å²) in [6.45, 7) is 4.71. The van der Waals surface area contributed by atoms with Gasteiger partial charge in [-0.05, 0) is 26.1 Å². The van der Waals surface area contributed by atoms with E-state index in [4.69, 9.17) is 12.2 Å². The van der Waals surface area contributed by atoms with Gasteiger partial charge in [-0.2, -0.15) is 10.2 Å². The molecule has 1 N–H and O–H groups in total. The molecule has 0 aliphatic heterocycles. The predicted molar refractivity (Wildman–Crippen MR) is 56.9 cm³/mol. The van der Waals surface area contributed by atoms with Crippen molar-refractivity contribution in [3.8, 4) is 0 Å². The molecule has 0 bridgehead atoms. The summed E-state index contributed by atoms with van der Waals surface area (Å²) in [5, 5.41) is 11.0. The average molecular weight is 224 g/mol. The van der Waals surface area contributed by atoms with Crippen LogP contribution in [0.4, 0.5) is 0 Å². The first-order valence-electron chi connectivity index (χ1n) is 4.66. The molecular formula is C8H12N6S. The molecule has 0 saturated heterocycles. The lowest BCUT2D eigenvalue weighted by Crippen LogP contribution is -2.11. The van der Waals surface area contributed by atoms with Gasteiger partial charge in [-0.25, -0.2) is 9.67 Å². The maximum Gasteiger partial charge on any atom is 0.195 e. The molecule has 0 atom stereocenters. The summed E-state index contributed by atoms with van der Waals surface area (Å²) < 4.78 is 4.32. The molecule has 0 aliphatic carbocycles. The van der Waals surface area contributed by atoms with Crippen molar-refractivity contribution in [3.05, 3.63) is 23.3 Å². The van der Waals surface area contributed by atoms with Crippen molar-refractivity contribution >= 4 is 12.2 Å². The smallest absolute Gasteiger partial charge is 0.195 e. The fourth-order valence-corrected chi connectivity index (χ4v) is 1.80. The second-order valence-corrected chi connectivity index (χ2v) is 3.89. The van der Waals surface area contributed by atoms with Gasteiger partial charge in [-0.15, -0.1) is 0 Å². The van der Waals surface area contributed by atoms with E-state index in [-0.39, 0.29) is 6.04 Å². The van der Waals surface area contributed by atoms with Crippen molar-refractivity contribution < 1.29 is 0 Å². The second kappa shape index (κ2) is 3.93. The first kappa shape index (κ1) is 10.0. The minimum atomic E-state index is 0.287. The van der Waals surface area contributed by atoms with Crippen LogP contribution in [0.3, 0.4) is 0 Å². The Hall–Kier alpha value is -1.50. The maximum absolute atomic E-state index is 5.14. The van der Waals surface area contributed by atoms with Crippen LogP contribution in [0, 0.1) is 4.77 Å². The molecule has 0 radical (unpaired) electrons. The van der Waals surface area contributed by atoms with Crippen LogP contribution in [0.5, 0.6) is 0 Å². The zero-order chi connectivity index (χ0) is 10.8. The summed E-state index contributed by atoms with van der Waals surface area (Å²) >= 11 is 5.14. The van der Waals surface area contributed by atoms with Gasteiger partial charge in [0.15, 0.2) is 10.6 Å². The third-order valence-corrected chi connectivity index (χ3v) is 2.35. The fourth-order valence-electron chi connectivity index (χ4n) is 1.44. The number of aromatic amines is 1. The van der Waals surface area contributed by atoms with Gasteiger partial charge in [0, 0.05) is 6.04 Å². The highest BCUT2D eigenvalue weighted by Gasteiger charge is 2.09. The number of nitrogens with one attached hydrogen (secondary N) is 1. The van der Waals surface area contributed by atoms with E-state index in [2.05, 4.69) is 34.1 Å². The van der Waals surface area contributed by atoms with Crippen LogP contribution in [0.25, 0.3) is 0 Å². The summed E-state index contributed by atoms with van der Waals surface area (Å²) in [6, 6.07) is 0.287. The van der Waals surface area contributed by atoms with Gasteiger partial charge in [0.1, 0.15) is 19.2 Å². The summed E-state index contributed by atoms with van der Waals surface area (Å²) in [5.74, 6) is 0.862. The summed E-state index contributed by atoms with van der Waals surface area (Å²) in [7, 11) is 0.